The number of hydrogen-bond acceptors (Lipinski definition) is 9. The number of aliphatic carboxylic acids is 1. The number of fused-ring (bicyclic) bond motifs is 2. The second kappa shape index (κ2) is 12.6. The number of ether oxygens (including phenoxy) is 2. The van der Waals surface area contributed by atoms with E-state index in [9.17, 15) is 18.3 Å². The zero-order valence-electron chi connectivity index (χ0n) is 25.6. The normalized spacial score (nSPS) is 16.9. The van der Waals surface area contributed by atoms with Gasteiger partial charge >= 0.3 is 5.97 Å². The molecule has 4 heterocycles. The smallest absolute Gasteiger partial charge is 0.310 e. The minimum absolute atomic E-state index is 0.0161. The number of hydrogen-bond donors (Lipinski definition) is 1. The van der Waals surface area contributed by atoms with E-state index in [0.29, 0.717) is 48.5 Å². The lowest BCUT2D eigenvalue weighted by Gasteiger charge is -2.33. The van der Waals surface area contributed by atoms with Crippen LogP contribution in [0, 0.1) is 19.3 Å². The zero-order valence-corrected chi connectivity index (χ0v) is 26.5. The molecule has 0 spiro atoms. The van der Waals surface area contributed by atoms with Crippen LogP contribution in [0.25, 0.3) is 11.0 Å². The Morgan fingerprint density at radius 2 is 1.93 bits per heavy atom. The summed E-state index contributed by atoms with van der Waals surface area (Å²) >= 11 is 0. The van der Waals surface area contributed by atoms with E-state index in [2.05, 4.69) is 20.3 Å². The van der Waals surface area contributed by atoms with Gasteiger partial charge in [-0.15, -0.1) is 5.10 Å². The van der Waals surface area contributed by atoms with Crippen molar-refractivity contribution in [3.8, 4) is 5.88 Å². The second-order valence-corrected chi connectivity index (χ2v) is 13.4. The third-order valence-electron chi connectivity index (χ3n) is 8.28. The summed E-state index contributed by atoms with van der Waals surface area (Å²) in [7, 11) is -4.02. The van der Waals surface area contributed by atoms with E-state index >= 15 is 0 Å². The summed E-state index contributed by atoms with van der Waals surface area (Å²) in [5, 5.41) is 19.0. The summed E-state index contributed by atoms with van der Waals surface area (Å²) in [6.45, 7) is 10.9. The van der Waals surface area contributed by atoms with E-state index in [1.54, 1.807) is 30.8 Å². The van der Waals surface area contributed by atoms with Gasteiger partial charge in [0.1, 0.15) is 17.0 Å². The van der Waals surface area contributed by atoms with Crippen LogP contribution < -0.4 is 4.74 Å². The number of benzene rings is 1. The Morgan fingerprint density at radius 3 is 2.68 bits per heavy atom. The van der Waals surface area contributed by atoms with E-state index in [1.165, 1.54) is 16.6 Å². The van der Waals surface area contributed by atoms with Gasteiger partial charge in [-0.25, -0.2) is 18.1 Å². The first-order valence-electron chi connectivity index (χ1n) is 14.6. The van der Waals surface area contributed by atoms with Crippen molar-refractivity contribution in [3.05, 3.63) is 70.7 Å². The molecule has 3 aromatic heterocycles. The molecule has 12 nitrogen and oxygen atoms in total. The molecule has 13 heteroatoms. The van der Waals surface area contributed by atoms with Crippen molar-refractivity contribution in [2.24, 2.45) is 5.41 Å². The molecule has 0 saturated heterocycles. The fourth-order valence-electron chi connectivity index (χ4n) is 5.69. The quantitative estimate of drug-likeness (QED) is 0.319. The van der Waals surface area contributed by atoms with Gasteiger partial charge in [0.15, 0.2) is 0 Å². The van der Waals surface area contributed by atoms with Gasteiger partial charge in [0.05, 0.1) is 17.5 Å². The highest BCUT2D eigenvalue weighted by Gasteiger charge is 2.41. The summed E-state index contributed by atoms with van der Waals surface area (Å²) in [4.78, 5) is 21.5. The molecule has 0 aliphatic carbocycles. The molecule has 0 fully saturated rings. The van der Waals surface area contributed by atoms with Crippen molar-refractivity contribution in [1.29, 1.82) is 0 Å². The number of carboxylic acid groups (broad SMARTS) is 1. The summed E-state index contributed by atoms with van der Waals surface area (Å²) in [5.74, 6) is -1.56. The van der Waals surface area contributed by atoms with Crippen LogP contribution in [0.1, 0.15) is 61.1 Å². The van der Waals surface area contributed by atoms with Crippen molar-refractivity contribution >= 4 is 27.0 Å². The van der Waals surface area contributed by atoms with E-state index in [-0.39, 0.29) is 30.5 Å². The standard InChI is InChI=1S/C31H38N6O6S/c1-6-37-25-11-10-24(20(2)28(25)34-35-37)27(31(4,5)30(38)39)22-17-23(21(3)33-18-22)19-36-13-8-14-42-15-16-43-29-26(44(36,40)41)9-7-12-32-29/h7,9-12,17-18,27H,6,8,13-16,19H2,1-5H3,(H,38,39)/t27-/m0/s1. The fourth-order valence-corrected chi connectivity index (χ4v) is 7.23. The first-order valence-corrected chi connectivity index (χ1v) is 16.1. The molecule has 4 aromatic rings. The highest BCUT2D eigenvalue weighted by Crippen LogP contribution is 2.44. The number of carbonyl (C=O) groups is 1. The van der Waals surface area contributed by atoms with Crippen molar-refractivity contribution in [3.63, 3.8) is 0 Å². The van der Waals surface area contributed by atoms with Gasteiger partial charge in [-0.2, -0.15) is 4.31 Å². The Hall–Kier alpha value is -3.94. The van der Waals surface area contributed by atoms with Crippen LogP contribution in [0.15, 0.2) is 47.6 Å². The van der Waals surface area contributed by atoms with Gasteiger partial charge in [-0.05, 0) is 81.5 Å². The predicted octanol–water partition coefficient (Wildman–Crippen LogP) is 4.09. The zero-order chi connectivity index (χ0) is 31.6. The van der Waals surface area contributed by atoms with Gasteiger partial charge in [-0.3, -0.25) is 9.78 Å². The maximum absolute atomic E-state index is 14.0. The average molecular weight is 623 g/mol. The largest absolute Gasteiger partial charge is 0.481 e. The van der Waals surface area contributed by atoms with Crippen LogP contribution in [-0.2, 0) is 32.6 Å². The molecule has 1 aliphatic heterocycles. The number of pyridine rings is 2. The van der Waals surface area contributed by atoms with E-state index < -0.39 is 27.3 Å². The van der Waals surface area contributed by atoms with Gasteiger partial charge in [-0.1, -0.05) is 17.3 Å². The molecule has 1 N–H and O–H groups in total. The van der Waals surface area contributed by atoms with Gasteiger partial charge < -0.3 is 14.6 Å². The lowest BCUT2D eigenvalue weighted by atomic mass is 9.70. The van der Waals surface area contributed by atoms with Crippen molar-refractivity contribution < 1.29 is 27.8 Å². The second-order valence-electron chi connectivity index (χ2n) is 11.5. The number of sulfonamides is 1. The lowest BCUT2D eigenvalue weighted by molar-refractivity contribution is -0.147. The Morgan fingerprint density at radius 1 is 1.14 bits per heavy atom. The molecule has 0 unspecified atom stereocenters. The molecule has 0 radical (unpaired) electrons. The predicted molar refractivity (Wildman–Crippen MR) is 163 cm³/mol. The van der Waals surface area contributed by atoms with Crippen molar-refractivity contribution in [2.75, 3.05) is 26.4 Å². The molecule has 1 atom stereocenters. The maximum Gasteiger partial charge on any atom is 0.310 e. The Labute approximate surface area is 257 Å². The Bertz CT molecular complexity index is 1790. The minimum atomic E-state index is -4.02. The molecule has 44 heavy (non-hydrogen) atoms. The van der Waals surface area contributed by atoms with Crippen molar-refractivity contribution in [1.82, 2.24) is 29.3 Å². The fraction of sp³-hybridized carbons (Fsp3) is 0.452. The summed E-state index contributed by atoms with van der Waals surface area (Å²) < 4.78 is 42.5. The van der Waals surface area contributed by atoms with E-state index in [1.807, 2.05) is 39.0 Å². The Balaban J connectivity index is 1.60. The van der Waals surface area contributed by atoms with Crippen LogP contribution in [0.4, 0.5) is 0 Å². The number of aromatic nitrogens is 5. The molecular formula is C31H38N6O6S. The molecule has 0 saturated carbocycles. The van der Waals surface area contributed by atoms with Crippen LogP contribution in [0.3, 0.4) is 0 Å². The number of rotatable bonds is 7. The van der Waals surface area contributed by atoms with Crippen LogP contribution >= 0.6 is 0 Å². The average Bonchev–Trinajstić information content (AvgIpc) is 3.41. The van der Waals surface area contributed by atoms with Gasteiger partial charge in [0.2, 0.25) is 15.9 Å². The Kier molecular flexibility index (Phi) is 9.00. The molecule has 0 bridgehead atoms. The summed E-state index contributed by atoms with van der Waals surface area (Å²) in [6.07, 6.45) is 3.65. The lowest BCUT2D eigenvalue weighted by Crippen LogP contribution is -2.34. The molecule has 234 valence electrons. The molecule has 1 aliphatic rings. The summed E-state index contributed by atoms with van der Waals surface area (Å²) in [5.41, 5.74) is 3.93. The number of nitrogens with zero attached hydrogens (tertiary/aromatic N) is 6. The first kappa shape index (κ1) is 31.5. The first-order chi connectivity index (χ1) is 21.0. The maximum atomic E-state index is 14.0. The van der Waals surface area contributed by atoms with Crippen LogP contribution in [0.5, 0.6) is 5.88 Å². The van der Waals surface area contributed by atoms with Gasteiger partial charge in [0.25, 0.3) is 0 Å². The number of carboxylic acids is 1. The summed E-state index contributed by atoms with van der Waals surface area (Å²) in [6, 6.07) is 8.79. The molecule has 5 rings (SSSR count). The van der Waals surface area contributed by atoms with Crippen LogP contribution in [0.2, 0.25) is 0 Å². The SMILES string of the molecule is CCn1nnc2c(C)c([C@H](c3cnc(C)c(CN4CCCOCCOc5ncccc5S4(=O)=O)c3)C(C)(C)C(=O)O)ccc21. The highest BCUT2D eigenvalue weighted by molar-refractivity contribution is 7.89. The van der Waals surface area contributed by atoms with E-state index in [0.717, 1.165) is 16.6 Å². The molecule has 1 aromatic carbocycles. The number of aryl methyl sites for hydroxylation is 3. The van der Waals surface area contributed by atoms with Gasteiger partial charge in [0, 0.05) is 50.2 Å². The third kappa shape index (κ3) is 5.91. The van der Waals surface area contributed by atoms with E-state index in [4.69, 9.17) is 9.47 Å². The topological polar surface area (TPSA) is 150 Å². The molecule has 0 amide bonds. The minimum Gasteiger partial charge on any atom is -0.481 e. The highest BCUT2D eigenvalue weighted by atomic mass is 32.2. The van der Waals surface area contributed by atoms with Crippen LogP contribution in [-0.4, -0.2) is 75.1 Å². The molecular weight excluding hydrogens is 584 g/mol. The van der Waals surface area contributed by atoms with Crippen molar-refractivity contribution in [2.45, 2.75) is 64.9 Å². The third-order valence-corrected chi connectivity index (χ3v) is 10.1. The monoisotopic (exact) mass is 622 g/mol.